The van der Waals surface area contributed by atoms with Crippen molar-refractivity contribution in [3.63, 3.8) is 0 Å². The Labute approximate surface area is 114 Å². The van der Waals surface area contributed by atoms with Gasteiger partial charge in [0.15, 0.2) is 0 Å². The van der Waals surface area contributed by atoms with E-state index in [2.05, 4.69) is 16.7 Å². The Morgan fingerprint density at radius 1 is 1.42 bits per heavy atom. The third-order valence-electron chi connectivity index (χ3n) is 3.96. The van der Waals surface area contributed by atoms with Crippen LogP contribution in [0.3, 0.4) is 0 Å². The van der Waals surface area contributed by atoms with Crippen LogP contribution in [0.25, 0.3) is 0 Å². The third-order valence-corrected chi connectivity index (χ3v) is 3.96. The predicted molar refractivity (Wildman–Crippen MR) is 75.9 cm³/mol. The number of hydrogen-bond acceptors (Lipinski definition) is 3. The average Bonchev–Trinajstić information content (AvgIpc) is 2.85. The smallest absolute Gasteiger partial charge is 0.125 e. The standard InChI is InChI=1S/C15H23FN2O/c1-3-18-6-4-5-14(18)10-17(2)15-8-12(11-19)7-13(16)9-15/h7-9,14,19H,3-6,10-11H2,1-2H3. The fourth-order valence-corrected chi connectivity index (χ4v) is 2.88. The van der Waals surface area contributed by atoms with Crippen LogP contribution in [0.5, 0.6) is 0 Å². The quantitative estimate of drug-likeness (QED) is 0.885. The van der Waals surface area contributed by atoms with Gasteiger partial charge in [-0.15, -0.1) is 0 Å². The molecule has 19 heavy (non-hydrogen) atoms. The summed E-state index contributed by atoms with van der Waals surface area (Å²) in [6.07, 6.45) is 2.46. The lowest BCUT2D eigenvalue weighted by molar-refractivity contribution is 0.270. The van der Waals surface area contributed by atoms with Crippen LogP contribution in [0.1, 0.15) is 25.3 Å². The van der Waals surface area contributed by atoms with E-state index in [1.807, 2.05) is 13.1 Å². The number of anilines is 1. The fourth-order valence-electron chi connectivity index (χ4n) is 2.88. The van der Waals surface area contributed by atoms with E-state index in [1.54, 1.807) is 0 Å². The SMILES string of the molecule is CCN1CCCC1CN(C)c1cc(F)cc(CO)c1. The van der Waals surface area contributed by atoms with Gasteiger partial charge in [0, 0.05) is 25.3 Å². The number of likely N-dealkylation sites (N-methyl/N-ethyl adjacent to an activating group) is 2. The topological polar surface area (TPSA) is 26.7 Å². The second-order valence-corrected chi connectivity index (χ2v) is 5.28. The van der Waals surface area contributed by atoms with Crippen molar-refractivity contribution in [3.05, 3.63) is 29.6 Å². The van der Waals surface area contributed by atoms with E-state index in [0.29, 0.717) is 11.6 Å². The molecular formula is C15H23FN2O. The molecule has 1 N–H and O–H groups in total. The van der Waals surface area contributed by atoms with Crippen molar-refractivity contribution in [1.82, 2.24) is 4.90 Å². The maximum Gasteiger partial charge on any atom is 0.125 e. The molecule has 1 heterocycles. The zero-order chi connectivity index (χ0) is 13.8. The minimum Gasteiger partial charge on any atom is -0.392 e. The Hall–Kier alpha value is -1.13. The van der Waals surface area contributed by atoms with E-state index in [0.717, 1.165) is 18.8 Å². The van der Waals surface area contributed by atoms with Crippen molar-refractivity contribution < 1.29 is 9.50 Å². The van der Waals surface area contributed by atoms with Gasteiger partial charge in [-0.2, -0.15) is 0 Å². The Morgan fingerprint density at radius 2 is 2.21 bits per heavy atom. The summed E-state index contributed by atoms with van der Waals surface area (Å²) >= 11 is 0. The van der Waals surface area contributed by atoms with Crippen LogP contribution >= 0.6 is 0 Å². The number of rotatable bonds is 5. The molecule has 1 fully saturated rings. The first-order valence-corrected chi connectivity index (χ1v) is 6.99. The van der Waals surface area contributed by atoms with Gasteiger partial charge in [0.25, 0.3) is 0 Å². The summed E-state index contributed by atoms with van der Waals surface area (Å²) in [4.78, 5) is 4.56. The van der Waals surface area contributed by atoms with Gasteiger partial charge in [-0.05, 0) is 49.7 Å². The number of aliphatic hydroxyl groups is 1. The molecule has 2 rings (SSSR count). The molecule has 1 aromatic carbocycles. The minimum absolute atomic E-state index is 0.122. The van der Waals surface area contributed by atoms with E-state index in [-0.39, 0.29) is 12.4 Å². The van der Waals surface area contributed by atoms with E-state index >= 15 is 0 Å². The van der Waals surface area contributed by atoms with Crippen molar-refractivity contribution in [2.24, 2.45) is 0 Å². The van der Waals surface area contributed by atoms with Crippen LogP contribution in [0.15, 0.2) is 18.2 Å². The van der Waals surface area contributed by atoms with Crippen molar-refractivity contribution in [2.45, 2.75) is 32.4 Å². The lowest BCUT2D eigenvalue weighted by Crippen LogP contribution is -2.38. The van der Waals surface area contributed by atoms with Crippen LogP contribution in [0, 0.1) is 5.82 Å². The molecule has 0 bridgehead atoms. The number of likely N-dealkylation sites (tertiary alicyclic amines) is 1. The van der Waals surface area contributed by atoms with Gasteiger partial charge in [0.1, 0.15) is 5.82 Å². The Kier molecular flexibility index (Phi) is 4.77. The first kappa shape index (κ1) is 14.3. The maximum absolute atomic E-state index is 13.5. The molecule has 4 heteroatoms. The van der Waals surface area contributed by atoms with Crippen molar-refractivity contribution >= 4 is 5.69 Å². The number of hydrogen-bond donors (Lipinski definition) is 1. The van der Waals surface area contributed by atoms with Crippen LogP contribution in [0.2, 0.25) is 0 Å². The molecule has 1 unspecified atom stereocenters. The minimum atomic E-state index is -0.285. The lowest BCUT2D eigenvalue weighted by atomic mass is 10.1. The molecule has 1 aromatic rings. The van der Waals surface area contributed by atoms with Crippen molar-refractivity contribution in [3.8, 4) is 0 Å². The average molecular weight is 266 g/mol. The van der Waals surface area contributed by atoms with Gasteiger partial charge < -0.3 is 10.0 Å². The molecule has 1 saturated heterocycles. The van der Waals surface area contributed by atoms with Crippen LogP contribution < -0.4 is 4.90 Å². The first-order chi connectivity index (χ1) is 9.13. The Bertz CT molecular complexity index is 425. The summed E-state index contributed by atoms with van der Waals surface area (Å²) in [6.45, 7) is 5.21. The number of nitrogens with zero attached hydrogens (tertiary/aromatic N) is 2. The third kappa shape index (κ3) is 3.45. The summed E-state index contributed by atoms with van der Waals surface area (Å²) in [5, 5.41) is 9.14. The number of aliphatic hydroxyl groups excluding tert-OH is 1. The molecule has 0 saturated carbocycles. The molecule has 0 aromatic heterocycles. The first-order valence-electron chi connectivity index (χ1n) is 6.99. The molecule has 1 aliphatic heterocycles. The molecule has 1 atom stereocenters. The highest BCUT2D eigenvalue weighted by Gasteiger charge is 2.24. The summed E-state index contributed by atoms with van der Waals surface area (Å²) < 4.78 is 13.5. The van der Waals surface area contributed by atoms with Gasteiger partial charge in [-0.25, -0.2) is 4.39 Å². The lowest BCUT2D eigenvalue weighted by Gasteiger charge is -2.29. The monoisotopic (exact) mass is 266 g/mol. The number of benzene rings is 1. The summed E-state index contributed by atoms with van der Waals surface area (Å²) in [6, 6.07) is 5.32. The Morgan fingerprint density at radius 3 is 2.89 bits per heavy atom. The predicted octanol–water partition coefficient (Wildman–Crippen LogP) is 2.24. The molecule has 0 spiro atoms. The molecule has 3 nitrogen and oxygen atoms in total. The molecule has 0 aliphatic carbocycles. The molecule has 1 aliphatic rings. The van der Waals surface area contributed by atoms with Gasteiger partial charge in [-0.1, -0.05) is 6.92 Å². The van der Waals surface area contributed by atoms with Crippen LogP contribution in [-0.4, -0.2) is 42.7 Å². The maximum atomic E-state index is 13.5. The van der Waals surface area contributed by atoms with Crippen molar-refractivity contribution in [2.75, 3.05) is 31.6 Å². The number of halogens is 1. The zero-order valence-corrected chi connectivity index (χ0v) is 11.8. The highest BCUT2D eigenvalue weighted by atomic mass is 19.1. The van der Waals surface area contributed by atoms with Crippen LogP contribution in [-0.2, 0) is 6.61 Å². The van der Waals surface area contributed by atoms with E-state index < -0.39 is 0 Å². The molecule has 106 valence electrons. The highest BCUT2D eigenvalue weighted by molar-refractivity contribution is 5.48. The van der Waals surface area contributed by atoms with E-state index in [9.17, 15) is 4.39 Å². The largest absolute Gasteiger partial charge is 0.392 e. The Balaban J connectivity index is 2.06. The van der Waals surface area contributed by atoms with E-state index in [1.165, 1.54) is 31.5 Å². The normalized spacial score (nSPS) is 19.9. The second kappa shape index (κ2) is 6.35. The highest BCUT2D eigenvalue weighted by Crippen LogP contribution is 2.22. The summed E-state index contributed by atoms with van der Waals surface area (Å²) in [7, 11) is 1.99. The van der Waals surface area contributed by atoms with Gasteiger partial charge in [0.05, 0.1) is 6.61 Å². The summed E-state index contributed by atoms with van der Waals surface area (Å²) in [5.74, 6) is -0.285. The zero-order valence-electron chi connectivity index (χ0n) is 11.8. The molecule has 0 radical (unpaired) electrons. The van der Waals surface area contributed by atoms with Gasteiger partial charge in [-0.3, -0.25) is 4.90 Å². The van der Waals surface area contributed by atoms with Crippen LogP contribution in [0.4, 0.5) is 10.1 Å². The second-order valence-electron chi connectivity index (χ2n) is 5.28. The van der Waals surface area contributed by atoms with Gasteiger partial charge >= 0.3 is 0 Å². The van der Waals surface area contributed by atoms with Gasteiger partial charge in [0.2, 0.25) is 0 Å². The fraction of sp³-hybridized carbons (Fsp3) is 0.600. The molecule has 0 amide bonds. The van der Waals surface area contributed by atoms with E-state index in [4.69, 9.17) is 5.11 Å². The summed E-state index contributed by atoms with van der Waals surface area (Å²) in [5.41, 5.74) is 1.47. The molecular weight excluding hydrogens is 243 g/mol. The van der Waals surface area contributed by atoms with Crippen molar-refractivity contribution in [1.29, 1.82) is 0 Å².